The van der Waals surface area contributed by atoms with Gasteiger partial charge in [-0.25, -0.2) is 4.39 Å². The Morgan fingerprint density at radius 3 is 2.93 bits per heavy atom. The van der Waals surface area contributed by atoms with Gasteiger partial charge in [-0.15, -0.1) is 12.3 Å². The van der Waals surface area contributed by atoms with Crippen LogP contribution in [0.5, 0.6) is 0 Å². The zero-order valence-corrected chi connectivity index (χ0v) is 8.97. The van der Waals surface area contributed by atoms with Gasteiger partial charge in [0, 0.05) is 17.3 Å². The van der Waals surface area contributed by atoms with Gasteiger partial charge in [-0.3, -0.25) is 4.79 Å². The Morgan fingerprint density at radius 2 is 2.29 bits per heavy atom. The lowest BCUT2D eigenvalue weighted by Gasteiger charge is -2.01. The molecule has 0 aromatic heterocycles. The normalized spacial score (nSPS) is 9.50. The second-order valence-electron chi connectivity index (χ2n) is 2.75. The van der Waals surface area contributed by atoms with Crippen LogP contribution in [0.2, 0.25) is 0 Å². The molecule has 1 aromatic carbocycles. The number of terminal acetylenes is 1. The lowest BCUT2D eigenvalue weighted by molar-refractivity contribution is 0.0980. The monoisotopic (exact) mass is 254 g/mol. The summed E-state index contributed by atoms with van der Waals surface area (Å²) in [6.07, 6.45) is 5.54. The molecule has 0 N–H and O–H groups in total. The number of Topliss-reactive ketones (excluding diaryl/α,β-unsaturated/α-hetero) is 1. The van der Waals surface area contributed by atoms with Crippen molar-refractivity contribution in [1.82, 2.24) is 0 Å². The molecule has 14 heavy (non-hydrogen) atoms. The minimum Gasteiger partial charge on any atom is -0.294 e. The van der Waals surface area contributed by atoms with Crippen molar-refractivity contribution >= 4 is 21.7 Å². The highest BCUT2D eigenvalue weighted by molar-refractivity contribution is 9.10. The van der Waals surface area contributed by atoms with E-state index in [0.717, 1.165) is 0 Å². The van der Waals surface area contributed by atoms with Gasteiger partial charge >= 0.3 is 0 Å². The first-order chi connectivity index (χ1) is 6.65. The molecular formula is C11H8BrFO. The topological polar surface area (TPSA) is 17.1 Å². The second kappa shape index (κ2) is 4.92. The van der Waals surface area contributed by atoms with Gasteiger partial charge in [-0.2, -0.15) is 0 Å². The van der Waals surface area contributed by atoms with Crippen LogP contribution in [-0.4, -0.2) is 5.78 Å². The zero-order valence-electron chi connectivity index (χ0n) is 7.39. The molecule has 0 heterocycles. The average molecular weight is 255 g/mol. The molecule has 0 bridgehead atoms. The van der Waals surface area contributed by atoms with Gasteiger partial charge in [0.2, 0.25) is 0 Å². The van der Waals surface area contributed by atoms with Crippen molar-refractivity contribution in [3.63, 3.8) is 0 Å². The van der Waals surface area contributed by atoms with E-state index < -0.39 is 5.82 Å². The number of carbonyl (C=O) groups excluding carboxylic acids is 1. The second-order valence-corrected chi connectivity index (χ2v) is 3.67. The third kappa shape index (κ3) is 2.68. The quantitative estimate of drug-likeness (QED) is 0.598. The molecule has 72 valence electrons. The van der Waals surface area contributed by atoms with Gasteiger partial charge in [0.1, 0.15) is 5.82 Å². The van der Waals surface area contributed by atoms with Crippen molar-refractivity contribution in [2.24, 2.45) is 0 Å². The molecule has 0 saturated carbocycles. The van der Waals surface area contributed by atoms with Crippen LogP contribution >= 0.6 is 15.9 Å². The number of benzene rings is 1. The first-order valence-corrected chi connectivity index (χ1v) is 4.86. The van der Waals surface area contributed by atoms with Crippen molar-refractivity contribution in [3.05, 3.63) is 34.1 Å². The Morgan fingerprint density at radius 1 is 1.57 bits per heavy atom. The number of hydrogen-bond donors (Lipinski definition) is 0. The van der Waals surface area contributed by atoms with Crippen LogP contribution in [0.15, 0.2) is 22.7 Å². The molecule has 0 fully saturated rings. The average Bonchev–Trinajstić information content (AvgIpc) is 2.18. The molecule has 0 spiro atoms. The lowest BCUT2D eigenvalue weighted by Crippen LogP contribution is -2.01. The number of hydrogen-bond acceptors (Lipinski definition) is 1. The molecule has 0 saturated heterocycles. The van der Waals surface area contributed by atoms with Crippen molar-refractivity contribution in [2.75, 3.05) is 0 Å². The predicted molar refractivity (Wildman–Crippen MR) is 56.5 cm³/mol. The van der Waals surface area contributed by atoms with Crippen LogP contribution in [0.1, 0.15) is 23.2 Å². The van der Waals surface area contributed by atoms with E-state index in [0.29, 0.717) is 10.9 Å². The minimum atomic E-state index is -0.504. The van der Waals surface area contributed by atoms with E-state index in [2.05, 4.69) is 21.9 Å². The lowest BCUT2D eigenvalue weighted by atomic mass is 10.1. The van der Waals surface area contributed by atoms with Gasteiger partial charge in [0.25, 0.3) is 0 Å². The Hall–Kier alpha value is -1.14. The minimum absolute atomic E-state index is 0.0922. The molecule has 3 heteroatoms. The number of rotatable bonds is 3. The zero-order chi connectivity index (χ0) is 10.6. The van der Waals surface area contributed by atoms with Gasteiger partial charge in [0.15, 0.2) is 5.78 Å². The third-order valence-corrected chi connectivity index (χ3v) is 2.22. The largest absolute Gasteiger partial charge is 0.294 e. The number of ketones is 1. The smallest absolute Gasteiger partial charge is 0.166 e. The fourth-order valence-electron chi connectivity index (χ4n) is 1.03. The van der Waals surface area contributed by atoms with Gasteiger partial charge in [-0.05, 0) is 18.2 Å². The Bertz CT molecular complexity index is 393. The molecule has 1 aromatic rings. The van der Waals surface area contributed by atoms with Crippen molar-refractivity contribution in [2.45, 2.75) is 12.8 Å². The molecule has 1 nitrogen and oxygen atoms in total. The Labute approximate surface area is 90.4 Å². The molecule has 0 atom stereocenters. The van der Waals surface area contributed by atoms with Gasteiger partial charge < -0.3 is 0 Å². The molecular weight excluding hydrogens is 247 g/mol. The van der Waals surface area contributed by atoms with Crippen LogP contribution in [0.25, 0.3) is 0 Å². The summed E-state index contributed by atoms with van der Waals surface area (Å²) in [6.45, 7) is 0. The summed E-state index contributed by atoms with van der Waals surface area (Å²) in [6, 6.07) is 4.27. The Kier molecular flexibility index (Phi) is 3.84. The maximum Gasteiger partial charge on any atom is 0.166 e. The van der Waals surface area contributed by atoms with Crippen LogP contribution in [-0.2, 0) is 0 Å². The molecule has 0 amide bonds. The highest BCUT2D eigenvalue weighted by atomic mass is 79.9. The summed E-state index contributed by atoms with van der Waals surface area (Å²) in [5.41, 5.74) is 0.0922. The molecule has 0 unspecified atom stereocenters. The van der Waals surface area contributed by atoms with E-state index in [9.17, 15) is 9.18 Å². The van der Waals surface area contributed by atoms with Crippen LogP contribution in [0.3, 0.4) is 0 Å². The first kappa shape index (κ1) is 10.9. The molecule has 0 aliphatic carbocycles. The maximum absolute atomic E-state index is 13.2. The molecule has 0 aliphatic rings. The van der Waals surface area contributed by atoms with E-state index in [1.807, 2.05) is 0 Å². The Balaban J connectivity index is 2.90. The van der Waals surface area contributed by atoms with E-state index in [-0.39, 0.29) is 17.8 Å². The standard InChI is InChI=1S/C11H8BrFO/c1-2-3-4-11(14)9-7-8(12)5-6-10(9)13/h1,5-7H,3-4H2. The summed E-state index contributed by atoms with van der Waals surface area (Å²) in [7, 11) is 0. The summed E-state index contributed by atoms with van der Waals surface area (Å²) in [5.74, 6) is 1.58. The third-order valence-electron chi connectivity index (χ3n) is 1.73. The van der Waals surface area contributed by atoms with Gasteiger partial charge in [0.05, 0.1) is 5.56 Å². The van der Waals surface area contributed by atoms with E-state index >= 15 is 0 Å². The van der Waals surface area contributed by atoms with E-state index in [1.54, 1.807) is 6.07 Å². The number of carbonyl (C=O) groups is 1. The first-order valence-electron chi connectivity index (χ1n) is 4.07. The summed E-state index contributed by atoms with van der Waals surface area (Å²) in [5, 5.41) is 0. The summed E-state index contributed by atoms with van der Waals surface area (Å²) < 4.78 is 13.8. The van der Waals surface area contributed by atoms with E-state index in [1.165, 1.54) is 12.1 Å². The predicted octanol–water partition coefficient (Wildman–Crippen LogP) is 3.18. The molecule has 0 radical (unpaired) electrons. The highest BCUT2D eigenvalue weighted by Crippen LogP contribution is 2.17. The molecule has 0 aliphatic heterocycles. The van der Waals surface area contributed by atoms with Gasteiger partial charge in [-0.1, -0.05) is 15.9 Å². The van der Waals surface area contributed by atoms with Crippen molar-refractivity contribution in [1.29, 1.82) is 0 Å². The van der Waals surface area contributed by atoms with Crippen LogP contribution in [0.4, 0.5) is 4.39 Å². The summed E-state index contributed by atoms with van der Waals surface area (Å²) >= 11 is 3.17. The van der Waals surface area contributed by atoms with Crippen LogP contribution < -0.4 is 0 Å². The van der Waals surface area contributed by atoms with Crippen molar-refractivity contribution in [3.8, 4) is 12.3 Å². The summed E-state index contributed by atoms with van der Waals surface area (Å²) in [4.78, 5) is 11.4. The fourth-order valence-corrected chi connectivity index (χ4v) is 1.39. The maximum atomic E-state index is 13.2. The number of halogens is 2. The fraction of sp³-hybridized carbons (Fsp3) is 0.182. The SMILES string of the molecule is C#CCCC(=O)c1cc(Br)ccc1F. The van der Waals surface area contributed by atoms with Crippen LogP contribution in [0, 0.1) is 18.2 Å². The molecule has 1 rings (SSSR count). The van der Waals surface area contributed by atoms with E-state index in [4.69, 9.17) is 6.42 Å². The highest BCUT2D eigenvalue weighted by Gasteiger charge is 2.10. The van der Waals surface area contributed by atoms with Crippen molar-refractivity contribution < 1.29 is 9.18 Å².